The molecule has 8 heteroatoms. The molecule has 0 fully saturated rings. The quantitative estimate of drug-likeness (QED) is 0.454. The molecule has 1 aliphatic rings. The van der Waals surface area contributed by atoms with E-state index in [-0.39, 0.29) is 5.91 Å². The molecule has 5 rings (SSSR count). The van der Waals surface area contributed by atoms with E-state index in [2.05, 4.69) is 15.1 Å². The third-order valence-corrected chi connectivity index (χ3v) is 5.49. The third-order valence-electron chi connectivity index (χ3n) is 5.49. The number of rotatable bonds is 5. The third kappa shape index (κ3) is 3.45. The Bertz CT molecular complexity index is 1300. The van der Waals surface area contributed by atoms with Gasteiger partial charge in [-0.2, -0.15) is 5.10 Å². The Labute approximate surface area is 184 Å². The van der Waals surface area contributed by atoms with Crippen LogP contribution in [0, 0.1) is 0 Å². The zero-order valence-corrected chi connectivity index (χ0v) is 17.7. The summed E-state index contributed by atoms with van der Waals surface area (Å²) in [6, 6.07) is 11.4. The lowest BCUT2D eigenvalue weighted by Gasteiger charge is -2.12. The normalized spacial score (nSPS) is 13.0. The van der Waals surface area contributed by atoms with E-state index in [4.69, 9.17) is 9.47 Å². The molecule has 3 aromatic heterocycles. The fourth-order valence-corrected chi connectivity index (χ4v) is 3.91. The molecule has 160 valence electrons. The van der Waals surface area contributed by atoms with E-state index in [1.165, 1.54) is 0 Å². The van der Waals surface area contributed by atoms with Crippen molar-refractivity contribution in [1.82, 2.24) is 24.5 Å². The number of carbonyl (C=O) groups is 1. The van der Waals surface area contributed by atoms with Gasteiger partial charge in [0.2, 0.25) is 5.91 Å². The van der Waals surface area contributed by atoms with Gasteiger partial charge in [-0.25, -0.2) is 9.50 Å². The maximum atomic E-state index is 13.0. The Morgan fingerprint density at radius 2 is 1.75 bits per heavy atom. The Morgan fingerprint density at radius 1 is 1.03 bits per heavy atom. The zero-order valence-electron chi connectivity index (χ0n) is 17.7. The molecule has 4 heterocycles. The molecule has 0 radical (unpaired) electrons. The van der Waals surface area contributed by atoms with Crippen LogP contribution in [0.15, 0.2) is 61.1 Å². The van der Waals surface area contributed by atoms with Crippen LogP contribution in [0.2, 0.25) is 0 Å². The zero-order chi connectivity index (χ0) is 22.1. The van der Waals surface area contributed by atoms with Crippen molar-refractivity contribution in [3.63, 3.8) is 0 Å². The smallest absolute Gasteiger partial charge is 0.247 e. The van der Waals surface area contributed by atoms with Crippen LogP contribution < -0.4 is 9.47 Å². The average Bonchev–Trinajstić information content (AvgIpc) is 3.43. The molecule has 1 aliphatic heterocycles. The highest BCUT2D eigenvalue weighted by atomic mass is 16.5. The molecule has 0 N–H and O–H groups in total. The summed E-state index contributed by atoms with van der Waals surface area (Å²) in [7, 11) is 3.21. The molecule has 0 atom stereocenters. The van der Waals surface area contributed by atoms with E-state index in [1.807, 2.05) is 36.4 Å². The van der Waals surface area contributed by atoms with Crippen LogP contribution in [-0.2, 0) is 17.9 Å². The molecule has 0 saturated carbocycles. The molecule has 0 bridgehead atoms. The van der Waals surface area contributed by atoms with Crippen LogP contribution in [0.5, 0.6) is 11.5 Å². The lowest BCUT2D eigenvalue weighted by atomic mass is 10.1. The fraction of sp³-hybridized carbons (Fsp3) is 0.167. The van der Waals surface area contributed by atoms with Crippen molar-refractivity contribution in [2.45, 2.75) is 13.1 Å². The summed E-state index contributed by atoms with van der Waals surface area (Å²) in [5.74, 6) is 1.23. The first-order chi connectivity index (χ1) is 15.7. The standard InChI is InChI=1S/C24H21N5O3/c1-31-20-11-17-14-28(15-18(17)12-21(20)32-2)23(30)8-7-19-24(16-5-3-9-25-13-16)27-22-6-4-10-26-29(19)22/h3-13H,14-15H2,1-2H3/b8-7+. The van der Waals surface area contributed by atoms with E-state index in [0.717, 1.165) is 28.1 Å². The highest BCUT2D eigenvalue weighted by Gasteiger charge is 2.24. The number of amides is 1. The molecule has 0 unspecified atom stereocenters. The van der Waals surface area contributed by atoms with Crippen LogP contribution in [0.3, 0.4) is 0 Å². The number of hydrogen-bond donors (Lipinski definition) is 0. The van der Waals surface area contributed by atoms with E-state index in [0.29, 0.717) is 30.2 Å². The SMILES string of the molecule is COc1cc2c(cc1OC)CN(C(=O)/C=C/c1c(-c3cccnc3)nc3cccnn13)C2. The maximum Gasteiger partial charge on any atom is 0.247 e. The first-order valence-corrected chi connectivity index (χ1v) is 10.1. The van der Waals surface area contributed by atoms with E-state index < -0.39 is 0 Å². The Balaban J connectivity index is 1.44. The van der Waals surface area contributed by atoms with Gasteiger partial charge in [-0.15, -0.1) is 0 Å². The Morgan fingerprint density at radius 3 is 2.41 bits per heavy atom. The van der Waals surface area contributed by atoms with Crippen LogP contribution in [-0.4, -0.2) is 44.6 Å². The maximum absolute atomic E-state index is 13.0. The molecule has 32 heavy (non-hydrogen) atoms. The highest BCUT2D eigenvalue weighted by molar-refractivity contribution is 5.93. The van der Waals surface area contributed by atoms with Crippen molar-refractivity contribution in [2.24, 2.45) is 0 Å². The summed E-state index contributed by atoms with van der Waals surface area (Å²) >= 11 is 0. The number of aromatic nitrogens is 4. The summed E-state index contributed by atoms with van der Waals surface area (Å²) < 4.78 is 12.5. The summed E-state index contributed by atoms with van der Waals surface area (Å²) in [6.45, 7) is 1.03. The first-order valence-electron chi connectivity index (χ1n) is 10.1. The summed E-state index contributed by atoms with van der Waals surface area (Å²) in [5.41, 5.74) is 5.11. The monoisotopic (exact) mass is 427 g/mol. The second-order valence-corrected chi connectivity index (χ2v) is 7.38. The predicted octanol–water partition coefficient (Wildman–Crippen LogP) is 3.36. The molecular formula is C24H21N5O3. The van der Waals surface area contributed by atoms with Crippen LogP contribution in [0.25, 0.3) is 23.0 Å². The van der Waals surface area contributed by atoms with Crippen LogP contribution >= 0.6 is 0 Å². The van der Waals surface area contributed by atoms with Gasteiger partial charge in [0.15, 0.2) is 17.1 Å². The summed E-state index contributed by atoms with van der Waals surface area (Å²) in [6.07, 6.45) is 8.49. The lowest BCUT2D eigenvalue weighted by molar-refractivity contribution is -0.126. The van der Waals surface area contributed by atoms with Gasteiger partial charge in [0.25, 0.3) is 0 Å². The predicted molar refractivity (Wildman–Crippen MR) is 119 cm³/mol. The summed E-state index contributed by atoms with van der Waals surface area (Å²) in [4.78, 5) is 23.7. The van der Waals surface area contributed by atoms with Crippen molar-refractivity contribution in [2.75, 3.05) is 14.2 Å². The van der Waals surface area contributed by atoms with E-state index in [9.17, 15) is 4.79 Å². The van der Waals surface area contributed by atoms with Gasteiger partial charge < -0.3 is 14.4 Å². The average molecular weight is 427 g/mol. The highest BCUT2D eigenvalue weighted by Crippen LogP contribution is 2.35. The van der Waals surface area contributed by atoms with Crippen molar-refractivity contribution in [1.29, 1.82) is 0 Å². The van der Waals surface area contributed by atoms with Gasteiger partial charge >= 0.3 is 0 Å². The van der Waals surface area contributed by atoms with Gasteiger partial charge in [0.05, 0.1) is 19.9 Å². The van der Waals surface area contributed by atoms with Gasteiger partial charge in [-0.3, -0.25) is 9.78 Å². The van der Waals surface area contributed by atoms with Crippen LogP contribution in [0.4, 0.5) is 0 Å². The fourth-order valence-electron chi connectivity index (χ4n) is 3.91. The molecule has 4 aromatic rings. The van der Waals surface area contributed by atoms with E-state index in [1.54, 1.807) is 54.4 Å². The van der Waals surface area contributed by atoms with Gasteiger partial charge in [0.1, 0.15) is 5.69 Å². The van der Waals surface area contributed by atoms with E-state index >= 15 is 0 Å². The number of benzene rings is 1. The number of methoxy groups -OCH3 is 2. The molecule has 1 aromatic carbocycles. The number of carbonyl (C=O) groups excluding carboxylic acids is 1. The van der Waals surface area contributed by atoms with Gasteiger partial charge in [-0.1, -0.05) is 0 Å². The second-order valence-electron chi connectivity index (χ2n) is 7.38. The molecule has 0 spiro atoms. The van der Waals surface area contributed by atoms with Crippen molar-refractivity contribution in [3.05, 3.63) is 77.9 Å². The number of fused-ring (bicyclic) bond motifs is 2. The number of hydrogen-bond acceptors (Lipinski definition) is 6. The number of imidazole rings is 1. The molecule has 8 nitrogen and oxygen atoms in total. The van der Waals surface area contributed by atoms with Gasteiger partial charge in [-0.05, 0) is 53.6 Å². The lowest BCUT2D eigenvalue weighted by Crippen LogP contribution is -2.23. The van der Waals surface area contributed by atoms with Crippen molar-refractivity contribution >= 4 is 17.6 Å². The molecule has 0 aliphatic carbocycles. The van der Waals surface area contributed by atoms with Crippen molar-refractivity contribution in [3.8, 4) is 22.8 Å². The molecular weight excluding hydrogens is 406 g/mol. The number of nitrogens with zero attached hydrogens (tertiary/aromatic N) is 5. The number of pyridine rings is 1. The first kappa shape index (κ1) is 19.7. The minimum absolute atomic E-state index is 0.0952. The second kappa shape index (κ2) is 8.14. The molecule has 1 amide bonds. The Kier molecular flexibility index (Phi) is 5.03. The van der Waals surface area contributed by atoms with Gasteiger partial charge in [0, 0.05) is 43.3 Å². The topological polar surface area (TPSA) is 81.9 Å². The summed E-state index contributed by atoms with van der Waals surface area (Å²) in [5, 5.41) is 4.40. The molecule has 0 saturated heterocycles. The van der Waals surface area contributed by atoms with Crippen LogP contribution in [0.1, 0.15) is 16.8 Å². The van der Waals surface area contributed by atoms with Crippen molar-refractivity contribution < 1.29 is 14.3 Å². The largest absolute Gasteiger partial charge is 0.493 e. The minimum Gasteiger partial charge on any atom is -0.493 e. The Hall–Kier alpha value is -4.20. The minimum atomic E-state index is -0.0952. The number of ether oxygens (including phenoxy) is 2.